The lowest BCUT2D eigenvalue weighted by atomic mass is 10.0. The summed E-state index contributed by atoms with van der Waals surface area (Å²) >= 11 is 0. The van der Waals surface area contributed by atoms with Crippen molar-refractivity contribution in [2.75, 3.05) is 0 Å². The van der Waals surface area contributed by atoms with Crippen molar-refractivity contribution >= 4 is 17.6 Å². The van der Waals surface area contributed by atoms with E-state index in [1.165, 1.54) is 24.4 Å². The van der Waals surface area contributed by atoms with E-state index in [2.05, 4.69) is 4.99 Å². The summed E-state index contributed by atoms with van der Waals surface area (Å²) in [6.07, 6.45) is 1.37. The zero-order valence-corrected chi connectivity index (χ0v) is 12.6. The van der Waals surface area contributed by atoms with Crippen LogP contribution in [0.1, 0.15) is 5.56 Å². The molecule has 24 heavy (non-hydrogen) atoms. The molecule has 0 fully saturated rings. The van der Waals surface area contributed by atoms with Crippen molar-refractivity contribution in [2.24, 2.45) is 4.99 Å². The van der Waals surface area contributed by atoms with Crippen LogP contribution in [-0.2, 0) is 0 Å². The third-order valence-electron chi connectivity index (χ3n) is 3.55. The highest BCUT2D eigenvalue weighted by Crippen LogP contribution is 2.31. The van der Waals surface area contributed by atoms with E-state index in [0.29, 0.717) is 5.69 Å². The smallest absolute Gasteiger partial charge is 0.262 e. The number of aliphatic imine (C=N–C) groups is 1. The molecule has 0 N–H and O–H groups in total. The quantitative estimate of drug-likeness (QED) is 0.413. The Morgan fingerprint density at radius 2 is 1.58 bits per heavy atom. The second-order valence-electron chi connectivity index (χ2n) is 5.09. The summed E-state index contributed by atoms with van der Waals surface area (Å²) in [5.74, 6) is -0.636. The third-order valence-corrected chi connectivity index (χ3v) is 3.55. The zero-order valence-electron chi connectivity index (χ0n) is 12.6. The second-order valence-corrected chi connectivity index (χ2v) is 5.09. The minimum Gasteiger partial charge on any atom is -0.867 e. The maximum Gasteiger partial charge on any atom is 0.262 e. The minimum atomic E-state index is -0.683. The van der Waals surface area contributed by atoms with Crippen molar-refractivity contribution in [2.45, 2.75) is 0 Å². The van der Waals surface area contributed by atoms with Crippen LogP contribution in [0.3, 0.4) is 0 Å². The average Bonchev–Trinajstić information content (AvgIpc) is 2.61. The first-order valence-corrected chi connectivity index (χ1v) is 7.30. The van der Waals surface area contributed by atoms with Gasteiger partial charge in [0.1, 0.15) is 0 Å². The van der Waals surface area contributed by atoms with Crippen LogP contribution < -0.4 is 5.11 Å². The number of nitro groups is 1. The first kappa shape index (κ1) is 15.4. The summed E-state index contributed by atoms with van der Waals surface area (Å²) in [7, 11) is 0. The summed E-state index contributed by atoms with van der Waals surface area (Å²) in [4.78, 5) is 14.5. The summed E-state index contributed by atoms with van der Waals surface area (Å²) in [5.41, 5.74) is 2.36. The predicted molar refractivity (Wildman–Crippen MR) is 91.7 cm³/mol. The topological polar surface area (TPSA) is 78.6 Å². The maximum atomic E-state index is 12.1. The molecule has 3 rings (SSSR count). The number of rotatable bonds is 4. The van der Waals surface area contributed by atoms with Gasteiger partial charge in [-0.2, -0.15) is 0 Å². The van der Waals surface area contributed by atoms with Crippen LogP contribution in [0.4, 0.5) is 11.4 Å². The van der Waals surface area contributed by atoms with E-state index in [1.54, 1.807) is 0 Å². The Kier molecular flexibility index (Phi) is 4.34. The molecule has 0 saturated carbocycles. The van der Waals surface area contributed by atoms with Gasteiger partial charge in [0.2, 0.25) is 0 Å². The van der Waals surface area contributed by atoms with Crippen molar-refractivity contribution in [3.63, 3.8) is 0 Å². The van der Waals surface area contributed by atoms with Crippen molar-refractivity contribution in [3.8, 4) is 16.9 Å². The highest BCUT2D eigenvalue weighted by molar-refractivity contribution is 5.89. The predicted octanol–water partition coefficient (Wildman–Crippen LogP) is 4.09. The first-order valence-electron chi connectivity index (χ1n) is 7.30. The van der Waals surface area contributed by atoms with Gasteiger partial charge in [-0.15, -0.1) is 0 Å². The molecule has 0 unspecified atom stereocenters. The van der Waals surface area contributed by atoms with Crippen molar-refractivity contribution in [1.82, 2.24) is 0 Å². The highest BCUT2D eigenvalue weighted by atomic mass is 16.6. The van der Waals surface area contributed by atoms with Crippen molar-refractivity contribution < 1.29 is 10.0 Å². The molecular weight excluding hydrogens is 304 g/mol. The van der Waals surface area contributed by atoms with E-state index in [9.17, 15) is 15.2 Å². The molecule has 3 aromatic rings. The average molecular weight is 317 g/mol. The van der Waals surface area contributed by atoms with Gasteiger partial charge in [-0.3, -0.25) is 15.1 Å². The number of nitro benzene ring substituents is 1. The fourth-order valence-electron chi connectivity index (χ4n) is 2.37. The maximum absolute atomic E-state index is 12.1. The molecule has 0 amide bonds. The normalized spacial score (nSPS) is 10.8. The molecule has 0 radical (unpaired) electrons. The SMILES string of the molecule is O=[N+]([O-])c1cccc(C=Nc2ccccc2-c2ccccc2)c1[O-]. The standard InChI is InChI=1S/C19H14N2O3/c22-19-15(9-6-12-18(19)21(23)24)13-20-17-11-5-4-10-16(17)14-7-2-1-3-8-14/h1-13,22H/p-1. The molecule has 118 valence electrons. The van der Waals surface area contributed by atoms with Crippen LogP contribution in [0.25, 0.3) is 11.1 Å². The van der Waals surface area contributed by atoms with Gasteiger partial charge in [-0.25, -0.2) is 0 Å². The molecule has 5 heteroatoms. The van der Waals surface area contributed by atoms with Gasteiger partial charge in [0, 0.05) is 17.8 Å². The molecule has 0 spiro atoms. The summed E-state index contributed by atoms with van der Waals surface area (Å²) in [6, 6.07) is 21.5. The van der Waals surface area contributed by atoms with Gasteiger partial charge in [-0.05, 0) is 22.9 Å². The van der Waals surface area contributed by atoms with Crippen LogP contribution in [-0.4, -0.2) is 11.1 Å². The van der Waals surface area contributed by atoms with Gasteiger partial charge in [-0.1, -0.05) is 60.7 Å². The number of hydrogen-bond donors (Lipinski definition) is 0. The van der Waals surface area contributed by atoms with Crippen LogP contribution in [0, 0.1) is 10.1 Å². The largest absolute Gasteiger partial charge is 0.867 e. The van der Waals surface area contributed by atoms with Crippen LogP contribution in [0.5, 0.6) is 5.75 Å². The lowest BCUT2D eigenvalue weighted by Gasteiger charge is -2.10. The molecular formula is C19H13N2O3-. The van der Waals surface area contributed by atoms with E-state index >= 15 is 0 Å². The number of hydrogen-bond acceptors (Lipinski definition) is 4. The molecule has 3 aromatic carbocycles. The molecule has 5 nitrogen and oxygen atoms in total. The van der Waals surface area contributed by atoms with Gasteiger partial charge < -0.3 is 5.11 Å². The van der Waals surface area contributed by atoms with Crippen LogP contribution in [0.2, 0.25) is 0 Å². The fourth-order valence-corrected chi connectivity index (χ4v) is 2.37. The summed E-state index contributed by atoms with van der Waals surface area (Å²) < 4.78 is 0. The second kappa shape index (κ2) is 6.75. The number of para-hydroxylation sites is 2. The van der Waals surface area contributed by atoms with Crippen LogP contribution >= 0.6 is 0 Å². The Labute approximate surface area is 138 Å². The Bertz CT molecular complexity index is 905. The molecule has 0 saturated heterocycles. The molecule has 0 aliphatic rings. The van der Waals surface area contributed by atoms with E-state index in [1.807, 2.05) is 54.6 Å². The van der Waals surface area contributed by atoms with E-state index < -0.39 is 16.4 Å². The highest BCUT2D eigenvalue weighted by Gasteiger charge is 2.08. The molecule has 0 atom stereocenters. The van der Waals surface area contributed by atoms with Gasteiger partial charge in [0.05, 0.1) is 10.6 Å². The Hall–Kier alpha value is -3.47. The summed E-state index contributed by atoms with van der Waals surface area (Å²) in [6.45, 7) is 0. The Morgan fingerprint density at radius 3 is 2.33 bits per heavy atom. The molecule has 0 aliphatic carbocycles. The number of benzene rings is 3. The van der Waals surface area contributed by atoms with Gasteiger partial charge >= 0.3 is 0 Å². The van der Waals surface area contributed by atoms with Crippen LogP contribution in [0.15, 0.2) is 77.8 Å². The van der Waals surface area contributed by atoms with E-state index in [0.717, 1.165) is 11.1 Å². The first-order chi connectivity index (χ1) is 11.7. The summed E-state index contributed by atoms with van der Waals surface area (Å²) in [5, 5.41) is 22.9. The number of nitrogens with zero attached hydrogens (tertiary/aromatic N) is 2. The van der Waals surface area contributed by atoms with Gasteiger partial charge in [0.25, 0.3) is 5.69 Å². The van der Waals surface area contributed by atoms with E-state index in [4.69, 9.17) is 0 Å². The lowest BCUT2D eigenvalue weighted by Crippen LogP contribution is -2.01. The molecule has 0 aromatic heterocycles. The minimum absolute atomic E-state index is 0.187. The monoisotopic (exact) mass is 317 g/mol. The fraction of sp³-hybridized carbons (Fsp3) is 0. The lowest BCUT2D eigenvalue weighted by molar-refractivity contribution is -0.398. The molecule has 0 bridgehead atoms. The Balaban J connectivity index is 2.00. The Morgan fingerprint density at radius 1 is 0.875 bits per heavy atom. The third kappa shape index (κ3) is 3.15. The van der Waals surface area contributed by atoms with Crippen molar-refractivity contribution in [3.05, 3.63) is 88.5 Å². The van der Waals surface area contributed by atoms with Gasteiger partial charge in [0.15, 0.2) is 0 Å². The van der Waals surface area contributed by atoms with E-state index in [-0.39, 0.29) is 5.56 Å². The molecule has 0 heterocycles. The zero-order chi connectivity index (χ0) is 16.9. The van der Waals surface area contributed by atoms with Crippen molar-refractivity contribution in [1.29, 1.82) is 0 Å². The molecule has 0 aliphatic heterocycles.